The van der Waals surface area contributed by atoms with E-state index in [1.807, 2.05) is 0 Å². The number of aliphatic hydroxyl groups is 4. The summed E-state index contributed by atoms with van der Waals surface area (Å²) in [6.45, 7) is -2.50. The molecule has 1 fully saturated rings. The number of guanidine groups is 1. The summed E-state index contributed by atoms with van der Waals surface area (Å²) in [5.41, 5.74) is 5.14. The Hall–Kier alpha value is -1.86. The molecule has 23 heavy (non-hydrogen) atoms. The lowest BCUT2D eigenvalue weighted by Crippen LogP contribution is -2.47. The molecule has 7 N–H and O–H groups in total. The molecule has 1 unspecified atom stereocenters. The van der Waals surface area contributed by atoms with Crippen LogP contribution < -0.4 is 11.2 Å². The molecule has 3 heterocycles. The molecular weight excluding hydrogens is 320 g/mol. The van der Waals surface area contributed by atoms with Crippen molar-refractivity contribution in [1.82, 2.24) is 9.66 Å². The second-order valence-electron chi connectivity index (χ2n) is 5.34. The first-order valence-electron chi connectivity index (χ1n) is 6.57. The Morgan fingerprint density at radius 2 is 2.17 bits per heavy atom. The number of rotatable bonds is 3. The van der Waals surface area contributed by atoms with Gasteiger partial charge >= 0.3 is 0 Å². The third-order valence-electron chi connectivity index (χ3n) is 3.92. The first kappa shape index (κ1) is 16.0. The zero-order valence-electron chi connectivity index (χ0n) is 11.6. The third kappa shape index (κ3) is 2.03. The van der Waals surface area contributed by atoms with E-state index in [1.165, 1.54) is 0 Å². The van der Waals surface area contributed by atoms with Gasteiger partial charge in [-0.1, -0.05) is 0 Å². The maximum atomic E-state index is 14.5. The lowest BCUT2D eigenvalue weighted by Gasteiger charge is -2.30. The molecule has 2 aliphatic rings. The van der Waals surface area contributed by atoms with Crippen molar-refractivity contribution >= 4 is 5.96 Å². The first-order valence-corrected chi connectivity index (χ1v) is 6.57. The summed E-state index contributed by atoms with van der Waals surface area (Å²) in [5.74, 6) is -3.21. The van der Waals surface area contributed by atoms with Gasteiger partial charge in [0.05, 0.1) is 12.8 Å². The summed E-state index contributed by atoms with van der Waals surface area (Å²) in [4.78, 5) is 7.34. The molecule has 1 aromatic rings. The number of nitrogens with two attached hydrogens (primary N) is 1. The number of aliphatic hydroxyl groups excluding tert-OH is 3. The minimum atomic E-state index is -2.83. The predicted octanol–water partition coefficient (Wildman–Crippen LogP) is -2.68. The molecule has 12 heteroatoms. The van der Waals surface area contributed by atoms with Crippen LogP contribution in [0.5, 0.6) is 0 Å². The monoisotopic (exact) mass is 335 g/mol. The zero-order valence-corrected chi connectivity index (χ0v) is 11.6. The standard InChI is InChI=1S/C11H15F2N5O5/c12-2-10(3-19)6(20)5(13)11(22,23-10)4-1-15-7-8(21)16-9(14)17-18(4)7/h1,5-6,8,19-22H,2-3H2,(H3,14,16,17)/t5-,6+,8?,10-,11+/m1/s1. The van der Waals surface area contributed by atoms with E-state index < -0.39 is 43.2 Å². The minimum Gasteiger partial charge on any atom is -0.393 e. The highest BCUT2D eigenvalue weighted by Gasteiger charge is 2.65. The molecule has 128 valence electrons. The van der Waals surface area contributed by atoms with Crippen LogP contribution in [0, 0.1) is 0 Å². The molecule has 0 aliphatic carbocycles. The van der Waals surface area contributed by atoms with Crippen molar-refractivity contribution in [1.29, 1.82) is 0 Å². The Morgan fingerprint density at radius 3 is 2.74 bits per heavy atom. The molecular formula is C11H15F2N5O5. The number of hydrogen-bond donors (Lipinski definition) is 6. The predicted molar refractivity (Wildman–Crippen MR) is 69.8 cm³/mol. The molecule has 0 bridgehead atoms. The number of aliphatic imine (C=N–C) groups is 1. The second kappa shape index (κ2) is 5.07. The van der Waals surface area contributed by atoms with E-state index in [9.17, 15) is 29.2 Å². The molecule has 2 aliphatic heterocycles. The van der Waals surface area contributed by atoms with Crippen molar-refractivity contribution in [2.24, 2.45) is 10.7 Å². The van der Waals surface area contributed by atoms with E-state index in [2.05, 4.69) is 15.4 Å². The van der Waals surface area contributed by atoms with Gasteiger partial charge in [0.25, 0.3) is 0 Å². The molecule has 0 spiro atoms. The van der Waals surface area contributed by atoms with Gasteiger partial charge in [0.1, 0.15) is 18.5 Å². The average Bonchev–Trinajstić information content (AvgIpc) is 3.02. The Morgan fingerprint density at radius 1 is 1.48 bits per heavy atom. The fraction of sp³-hybridized carbons (Fsp3) is 0.636. The van der Waals surface area contributed by atoms with Gasteiger partial charge in [0.15, 0.2) is 17.6 Å². The number of imidazole rings is 1. The number of nitrogens with one attached hydrogen (secondary N) is 1. The Kier molecular flexibility index (Phi) is 3.53. The van der Waals surface area contributed by atoms with Crippen LogP contribution in [-0.4, -0.2) is 67.2 Å². The third-order valence-corrected chi connectivity index (χ3v) is 3.92. The van der Waals surface area contributed by atoms with Gasteiger partial charge in [-0.3, -0.25) is 5.43 Å². The van der Waals surface area contributed by atoms with Gasteiger partial charge in [0, 0.05) is 0 Å². The van der Waals surface area contributed by atoms with Crippen LogP contribution in [0.4, 0.5) is 8.78 Å². The van der Waals surface area contributed by atoms with Crippen LogP contribution in [0.1, 0.15) is 17.7 Å². The fourth-order valence-electron chi connectivity index (χ4n) is 2.63. The molecule has 0 amide bonds. The second-order valence-corrected chi connectivity index (χ2v) is 5.34. The Balaban J connectivity index is 2.07. The molecule has 0 radical (unpaired) electrons. The summed E-state index contributed by atoms with van der Waals surface area (Å²) in [7, 11) is 0. The first-order chi connectivity index (χ1) is 10.8. The lowest BCUT2D eigenvalue weighted by molar-refractivity contribution is -0.262. The Bertz CT molecular complexity index is 651. The highest BCUT2D eigenvalue weighted by Crippen LogP contribution is 2.45. The highest BCUT2D eigenvalue weighted by molar-refractivity contribution is 5.86. The summed E-state index contributed by atoms with van der Waals surface area (Å²) >= 11 is 0. The number of nitrogens with zero attached hydrogens (tertiary/aromatic N) is 3. The quantitative estimate of drug-likeness (QED) is 0.349. The topological polar surface area (TPSA) is 158 Å². The van der Waals surface area contributed by atoms with E-state index in [-0.39, 0.29) is 17.5 Å². The van der Waals surface area contributed by atoms with Crippen LogP contribution in [0.15, 0.2) is 11.2 Å². The number of alkyl halides is 2. The normalized spacial score (nSPS) is 39.7. The van der Waals surface area contributed by atoms with Gasteiger partial charge < -0.3 is 30.9 Å². The molecule has 10 nitrogen and oxygen atoms in total. The summed E-state index contributed by atoms with van der Waals surface area (Å²) in [6, 6.07) is 0. The van der Waals surface area contributed by atoms with E-state index in [4.69, 9.17) is 10.5 Å². The van der Waals surface area contributed by atoms with Crippen molar-refractivity contribution in [2.45, 2.75) is 29.9 Å². The zero-order chi connectivity index (χ0) is 17.0. The molecule has 0 saturated carbocycles. The van der Waals surface area contributed by atoms with Crippen LogP contribution >= 0.6 is 0 Å². The maximum Gasteiger partial charge on any atom is 0.247 e. The van der Waals surface area contributed by atoms with Gasteiger partial charge in [-0.25, -0.2) is 23.4 Å². The number of fused-ring (bicyclic) bond motifs is 1. The molecule has 1 saturated heterocycles. The molecule has 0 aromatic carbocycles. The smallest absolute Gasteiger partial charge is 0.247 e. The van der Waals surface area contributed by atoms with Crippen LogP contribution in [0.3, 0.4) is 0 Å². The number of hydrogen-bond acceptors (Lipinski definition) is 9. The summed E-state index contributed by atoms with van der Waals surface area (Å²) < 4.78 is 33.5. The van der Waals surface area contributed by atoms with Gasteiger partial charge in [-0.05, 0) is 0 Å². The largest absolute Gasteiger partial charge is 0.393 e. The summed E-state index contributed by atoms with van der Waals surface area (Å²) in [5, 5.41) is 39.3. The van der Waals surface area contributed by atoms with Crippen LogP contribution in [0.2, 0.25) is 0 Å². The van der Waals surface area contributed by atoms with Crippen molar-refractivity contribution < 1.29 is 33.9 Å². The van der Waals surface area contributed by atoms with Crippen molar-refractivity contribution in [3.05, 3.63) is 17.7 Å². The van der Waals surface area contributed by atoms with Crippen LogP contribution in [0.25, 0.3) is 0 Å². The number of halogens is 2. The average molecular weight is 335 g/mol. The number of ether oxygens (including phenoxy) is 1. The SMILES string of the molecule is NC1=NC(O)c2ncc([C@]3(O)O[C@@](CO)(CF)[C@@H](O)[C@H]3F)n2N1. The molecule has 3 rings (SSSR count). The fourth-order valence-corrected chi connectivity index (χ4v) is 2.63. The van der Waals surface area contributed by atoms with Gasteiger partial charge in [-0.2, -0.15) is 0 Å². The van der Waals surface area contributed by atoms with Crippen LogP contribution in [-0.2, 0) is 10.5 Å². The van der Waals surface area contributed by atoms with E-state index in [1.54, 1.807) is 0 Å². The number of aromatic nitrogens is 2. The van der Waals surface area contributed by atoms with E-state index in [0.717, 1.165) is 10.9 Å². The van der Waals surface area contributed by atoms with E-state index >= 15 is 0 Å². The van der Waals surface area contributed by atoms with Crippen molar-refractivity contribution in [3.63, 3.8) is 0 Å². The van der Waals surface area contributed by atoms with Crippen molar-refractivity contribution in [3.8, 4) is 0 Å². The maximum absolute atomic E-state index is 14.5. The summed E-state index contributed by atoms with van der Waals surface area (Å²) in [6.07, 6.45) is -5.15. The van der Waals surface area contributed by atoms with E-state index in [0.29, 0.717) is 0 Å². The lowest BCUT2D eigenvalue weighted by atomic mass is 9.96. The molecule has 1 aromatic heterocycles. The minimum absolute atomic E-state index is 0.130. The Labute approximate surface area is 127 Å². The van der Waals surface area contributed by atoms with Gasteiger partial charge in [-0.15, -0.1) is 0 Å². The molecule has 5 atom stereocenters. The van der Waals surface area contributed by atoms with Crippen molar-refractivity contribution in [2.75, 3.05) is 18.7 Å². The highest BCUT2D eigenvalue weighted by atomic mass is 19.1. The van der Waals surface area contributed by atoms with Gasteiger partial charge in [0.2, 0.25) is 18.0 Å².